The molecule has 0 aromatic heterocycles. The molecule has 1 unspecified atom stereocenters. The number of hydrogen-bond donors (Lipinski definition) is 1. The van der Waals surface area contributed by atoms with Gasteiger partial charge in [0.15, 0.2) is 0 Å². The molecule has 5 nitrogen and oxygen atoms in total. The Morgan fingerprint density at radius 2 is 2.11 bits per heavy atom. The van der Waals surface area contributed by atoms with Gasteiger partial charge in [-0.1, -0.05) is 31.4 Å². The van der Waals surface area contributed by atoms with Crippen LogP contribution in [0.3, 0.4) is 0 Å². The highest BCUT2D eigenvalue weighted by molar-refractivity contribution is 7.66. The van der Waals surface area contributed by atoms with E-state index in [1.54, 1.807) is 0 Å². The fourth-order valence-electron chi connectivity index (χ4n) is 1.56. The van der Waals surface area contributed by atoms with Crippen LogP contribution in [0, 0.1) is 10.1 Å². The third-order valence-corrected chi connectivity index (χ3v) is 4.92. The van der Waals surface area contributed by atoms with Crippen LogP contribution >= 0.6 is 19.0 Å². The van der Waals surface area contributed by atoms with Crippen LogP contribution in [0.2, 0.25) is 5.02 Å². The Hall–Kier alpha value is -0.900. The van der Waals surface area contributed by atoms with Crippen molar-refractivity contribution in [1.29, 1.82) is 0 Å². The molecule has 1 atom stereocenters. The first-order valence-corrected chi connectivity index (χ1v) is 7.87. The van der Waals surface area contributed by atoms with Gasteiger partial charge in [0.2, 0.25) is 7.37 Å². The van der Waals surface area contributed by atoms with Gasteiger partial charge in [-0.2, -0.15) is 0 Å². The first kappa shape index (κ1) is 15.2. The van der Waals surface area contributed by atoms with E-state index in [9.17, 15) is 19.6 Å². The third-order valence-electron chi connectivity index (χ3n) is 2.59. The Bertz CT molecular complexity index is 492. The SMILES string of the molecule is CCCCCP(=O)(O)c1ccc(Cl)c([N+](=O)[O-])c1. The Morgan fingerprint density at radius 1 is 1.44 bits per heavy atom. The molecule has 0 aliphatic rings. The lowest BCUT2D eigenvalue weighted by Gasteiger charge is -2.11. The molecule has 0 spiro atoms. The molecular formula is C11H15ClNO4P. The second-order valence-electron chi connectivity index (χ2n) is 4.03. The van der Waals surface area contributed by atoms with Crippen molar-refractivity contribution in [3.63, 3.8) is 0 Å². The molecule has 0 radical (unpaired) electrons. The highest BCUT2D eigenvalue weighted by Gasteiger charge is 2.24. The number of halogens is 1. The van der Waals surface area contributed by atoms with E-state index in [0.717, 1.165) is 18.9 Å². The number of benzene rings is 1. The summed E-state index contributed by atoms with van der Waals surface area (Å²) in [7, 11) is -3.52. The average Bonchev–Trinajstić information content (AvgIpc) is 2.29. The van der Waals surface area contributed by atoms with Gasteiger partial charge < -0.3 is 4.89 Å². The van der Waals surface area contributed by atoms with Crippen LogP contribution in [0.1, 0.15) is 26.2 Å². The van der Waals surface area contributed by atoms with E-state index >= 15 is 0 Å². The molecule has 0 saturated heterocycles. The number of rotatable bonds is 6. The van der Waals surface area contributed by atoms with E-state index in [2.05, 4.69) is 0 Å². The van der Waals surface area contributed by atoms with E-state index in [-0.39, 0.29) is 22.2 Å². The summed E-state index contributed by atoms with van der Waals surface area (Å²) in [5.74, 6) is 0. The van der Waals surface area contributed by atoms with Crippen LogP contribution in [0.15, 0.2) is 18.2 Å². The second kappa shape index (κ2) is 6.32. The zero-order valence-electron chi connectivity index (χ0n) is 10.0. The summed E-state index contributed by atoms with van der Waals surface area (Å²) in [5, 5.41) is 10.8. The van der Waals surface area contributed by atoms with E-state index in [1.165, 1.54) is 12.1 Å². The molecule has 0 heterocycles. The largest absolute Gasteiger partial charge is 0.341 e. The first-order chi connectivity index (χ1) is 8.38. The molecule has 0 saturated carbocycles. The van der Waals surface area contributed by atoms with Gasteiger partial charge in [0.05, 0.1) is 4.92 Å². The predicted molar refractivity (Wildman–Crippen MR) is 72.0 cm³/mol. The Labute approximate surface area is 110 Å². The van der Waals surface area contributed by atoms with Crippen LogP contribution in [0.4, 0.5) is 5.69 Å². The predicted octanol–water partition coefficient (Wildman–Crippen LogP) is 3.33. The lowest BCUT2D eigenvalue weighted by atomic mass is 10.3. The molecule has 0 fully saturated rings. The van der Waals surface area contributed by atoms with Crippen molar-refractivity contribution in [3.8, 4) is 0 Å². The molecule has 1 N–H and O–H groups in total. The molecule has 7 heteroatoms. The van der Waals surface area contributed by atoms with E-state index in [4.69, 9.17) is 11.6 Å². The molecular weight excluding hydrogens is 277 g/mol. The van der Waals surface area contributed by atoms with Gasteiger partial charge in [-0.05, 0) is 18.6 Å². The van der Waals surface area contributed by atoms with Gasteiger partial charge in [-0.15, -0.1) is 0 Å². The lowest BCUT2D eigenvalue weighted by molar-refractivity contribution is -0.384. The van der Waals surface area contributed by atoms with Crippen LogP contribution in [0.5, 0.6) is 0 Å². The molecule has 100 valence electrons. The highest BCUT2D eigenvalue weighted by Crippen LogP contribution is 2.42. The van der Waals surface area contributed by atoms with Gasteiger partial charge in [-0.3, -0.25) is 14.7 Å². The maximum absolute atomic E-state index is 12.1. The molecule has 1 aromatic rings. The van der Waals surface area contributed by atoms with Gasteiger partial charge in [0.25, 0.3) is 5.69 Å². The van der Waals surface area contributed by atoms with Gasteiger partial charge in [0, 0.05) is 17.5 Å². The van der Waals surface area contributed by atoms with Gasteiger partial charge in [-0.25, -0.2) is 0 Å². The normalized spacial score (nSPS) is 14.2. The number of nitro benzene ring substituents is 1. The number of hydrogen-bond acceptors (Lipinski definition) is 3. The fraction of sp³-hybridized carbons (Fsp3) is 0.455. The number of unbranched alkanes of at least 4 members (excludes halogenated alkanes) is 2. The summed E-state index contributed by atoms with van der Waals surface area (Å²) < 4.78 is 12.1. The first-order valence-electron chi connectivity index (χ1n) is 5.65. The van der Waals surface area contributed by atoms with Crippen molar-refractivity contribution in [3.05, 3.63) is 33.3 Å². The number of nitrogens with zero attached hydrogens (tertiary/aromatic N) is 1. The summed E-state index contributed by atoms with van der Waals surface area (Å²) >= 11 is 5.66. The molecule has 0 aliphatic carbocycles. The minimum absolute atomic E-state index is 0.0303. The maximum Gasteiger partial charge on any atom is 0.288 e. The van der Waals surface area contributed by atoms with Crippen LogP contribution in [-0.2, 0) is 4.57 Å². The maximum atomic E-state index is 12.1. The average molecular weight is 292 g/mol. The molecule has 0 bridgehead atoms. The van der Waals surface area contributed by atoms with Gasteiger partial charge >= 0.3 is 0 Å². The standard InChI is InChI=1S/C11H15ClNO4P/c1-2-3-4-7-18(16,17)9-5-6-10(12)11(8-9)13(14)15/h5-6,8H,2-4,7H2,1H3,(H,16,17). The lowest BCUT2D eigenvalue weighted by Crippen LogP contribution is -2.08. The number of nitro groups is 1. The molecule has 0 amide bonds. The summed E-state index contributed by atoms with van der Waals surface area (Å²) in [4.78, 5) is 20.0. The summed E-state index contributed by atoms with van der Waals surface area (Å²) in [6, 6.07) is 3.76. The van der Waals surface area contributed by atoms with Crippen molar-refractivity contribution in [2.24, 2.45) is 0 Å². The quantitative estimate of drug-likeness (QED) is 0.377. The van der Waals surface area contributed by atoms with Crippen molar-refractivity contribution in [2.75, 3.05) is 6.16 Å². The minimum Gasteiger partial charge on any atom is -0.341 e. The summed E-state index contributed by atoms with van der Waals surface area (Å²) in [6.07, 6.45) is 2.57. The summed E-state index contributed by atoms with van der Waals surface area (Å²) in [5.41, 5.74) is -0.334. The van der Waals surface area contributed by atoms with Gasteiger partial charge in [0.1, 0.15) is 5.02 Å². The Kier molecular flexibility index (Phi) is 5.32. The van der Waals surface area contributed by atoms with E-state index < -0.39 is 12.3 Å². The zero-order valence-corrected chi connectivity index (χ0v) is 11.7. The van der Waals surface area contributed by atoms with Crippen LogP contribution in [0.25, 0.3) is 0 Å². The minimum atomic E-state index is -3.52. The molecule has 1 rings (SSSR count). The third kappa shape index (κ3) is 3.80. The van der Waals surface area contributed by atoms with E-state index in [1.807, 2.05) is 6.92 Å². The van der Waals surface area contributed by atoms with Crippen molar-refractivity contribution < 1.29 is 14.4 Å². The Morgan fingerprint density at radius 3 is 2.67 bits per heavy atom. The monoisotopic (exact) mass is 291 g/mol. The van der Waals surface area contributed by atoms with Crippen molar-refractivity contribution in [1.82, 2.24) is 0 Å². The summed E-state index contributed by atoms with van der Waals surface area (Å²) in [6.45, 7) is 2.00. The van der Waals surface area contributed by atoms with Crippen molar-refractivity contribution in [2.45, 2.75) is 26.2 Å². The molecule has 1 aromatic carbocycles. The van der Waals surface area contributed by atoms with E-state index in [0.29, 0.717) is 6.42 Å². The molecule has 18 heavy (non-hydrogen) atoms. The smallest absolute Gasteiger partial charge is 0.288 e. The van der Waals surface area contributed by atoms with Crippen LogP contribution in [-0.4, -0.2) is 16.0 Å². The fourth-order valence-corrected chi connectivity index (χ4v) is 3.29. The van der Waals surface area contributed by atoms with Crippen LogP contribution < -0.4 is 5.30 Å². The highest BCUT2D eigenvalue weighted by atomic mass is 35.5. The topological polar surface area (TPSA) is 80.4 Å². The molecule has 0 aliphatic heterocycles. The zero-order chi connectivity index (χ0) is 13.8. The Balaban J connectivity index is 2.98. The van der Waals surface area contributed by atoms with Crippen molar-refractivity contribution >= 4 is 30.0 Å². The second-order valence-corrected chi connectivity index (χ2v) is 6.80.